The Bertz CT molecular complexity index is 682. The Morgan fingerprint density at radius 2 is 2.00 bits per heavy atom. The number of nitrogens with zero attached hydrogens (tertiary/aromatic N) is 1. The fourth-order valence-electron chi connectivity index (χ4n) is 1.92. The molecule has 2 nitrogen and oxygen atoms in total. The van der Waals surface area contributed by atoms with Crippen molar-refractivity contribution in [3.63, 3.8) is 0 Å². The van der Waals surface area contributed by atoms with Gasteiger partial charge in [0.1, 0.15) is 0 Å². The minimum Gasteiger partial charge on any atom is -0.380 e. The Morgan fingerprint density at radius 1 is 1.11 bits per heavy atom. The monoisotopic (exact) mass is 274 g/mol. The molecule has 0 bridgehead atoms. The van der Waals surface area contributed by atoms with Gasteiger partial charge in [-0.3, -0.25) is 0 Å². The zero-order chi connectivity index (χ0) is 12.5. The number of aromatic nitrogens is 1. The summed E-state index contributed by atoms with van der Waals surface area (Å²) >= 11 is 3.59. The molecule has 0 spiro atoms. The number of hydrogen-bond acceptors (Lipinski definition) is 4. The Hall–Kier alpha value is -1.39. The topological polar surface area (TPSA) is 24.9 Å². The van der Waals surface area contributed by atoms with Gasteiger partial charge in [0, 0.05) is 22.0 Å². The van der Waals surface area contributed by atoms with Gasteiger partial charge in [-0.15, -0.1) is 22.7 Å². The zero-order valence-corrected chi connectivity index (χ0v) is 12.0. The molecule has 4 heteroatoms. The summed E-state index contributed by atoms with van der Waals surface area (Å²) in [6.07, 6.45) is 0. The molecule has 0 aliphatic rings. The molecule has 2 aromatic heterocycles. The van der Waals surface area contributed by atoms with Crippen molar-refractivity contribution in [1.29, 1.82) is 0 Å². The largest absolute Gasteiger partial charge is 0.380 e. The van der Waals surface area contributed by atoms with E-state index < -0.39 is 0 Å². The first-order valence-electron chi connectivity index (χ1n) is 5.87. The quantitative estimate of drug-likeness (QED) is 0.755. The van der Waals surface area contributed by atoms with Crippen molar-refractivity contribution in [1.82, 2.24) is 4.98 Å². The summed E-state index contributed by atoms with van der Waals surface area (Å²) in [4.78, 5) is 7.20. The first kappa shape index (κ1) is 11.7. The highest BCUT2D eigenvalue weighted by Crippen LogP contribution is 2.25. The minimum absolute atomic E-state index is 0.891. The highest BCUT2D eigenvalue weighted by Gasteiger charge is 2.02. The molecule has 2 heterocycles. The molecule has 0 saturated heterocycles. The zero-order valence-electron chi connectivity index (χ0n) is 10.4. The molecule has 0 radical (unpaired) electrons. The number of hydrogen-bond donors (Lipinski definition) is 1. The molecule has 0 aliphatic carbocycles. The maximum atomic E-state index is 4.47. The highest BCUT2D eigenvalue weighted by molar-refractivity contribution is 7.18. The van der Waals surface area contributed by atoms with E-state index in [0.717, 1.165) is 22.8 Å². The molecule has 0 amide bonds. The van der Waals surface area contributed by atoms with Gasteiger partial charge in [-0.1, -0.05) is 0 Å². The number of thiazole rings is 1. The maximum Gasteiger partial charge on any atom is 0.0907 e. The van der Waals surface area contributed by atoms with Crippen LogP contribution in [0.1, 0.15) is 14.8 Å². The lowest BCUT2D eigenvalue weighted by Crippen LogP contribution is -1.96. The van der Waals surface area contributed by atoms with Gasteiger partial charge >= 0.3 is 0 Å². The van der Waals surface area contributed by atoms with Gasteiger partial charge in [0.15, 0.2) is 0 Å². The summed E-state index contributed by atoms with van der Waals surface area (Å²) < 4.78 is 1.25. The second-order valence-corrected chi connectivity index (χ2v) is 6.89. The van der Waals surface area contributed by atoms with Gasteiger partial charge < -0.3 is 5.32 Å². The van der Waals surface area contributed by atoms with Crippen molar-refractivity contribution in [2.75, 3.05) is 5.32 Å². The molecule has 1 aromatic carbocycles. The lowest BCUT2D eigenvalue weighted by molar-refractivity contribution is 1.19. The SMILES string of the molecule is Cc1ccc(CNc2ccc3nc(C)sc3c2)s1. The molecule has 92 valence electrons. The van der Waals surface area contributed by atoms with Crippen molar-refractivity contribution in [2.45, 2.75) is 20.4 Å². The van der Waals surface area contributed by atoms with Gasteiger partial charge in [0.05, 0.1) is 15.2 Å². The Kier molecular flexibility index (Phi) is 3.06. The van der Waals surface area contributed by atoms with Crippen LogP contribution < -0.4 is 5.32 Å². The van der Waals surface area contributed by atoms with Crippen LogP contribution in [0.2, 0.25) is 0 Å². The predicted octanol–water partition coefficient (Wildman–Crippen LogP) is 4.59. The molecule has 18 heavy (non-hydrogen) atoms. The molecule has 1 N–H and O–H groups in total. The van der Waals surface area contributed by atoms with Crippen LogP contribution in [0.4, 0.5) is 5.69 Å². The third-order valence-corrected chi connectivity index (χ3v) is 4.69. The smallest absolute Gasteiger partial charge is 0.0907 e. The van der Waals surface area contributed by atoms with Crippen LogP contribution in [-0.2, 0) is 6.54 Å². The maximum absolute atomic E-state index is 4.47. The molecule has 0 aliphatic heterocycles. The number of anilines is 1. The fourth-order valence-corrected chi connectivity index (χ4v) is 3.62. The van der Waals surface area contributed by atoms with E-state index in [1.807, 2.05) is 18.3 Å². The molecule has 0 saturated carbocycles. The van der Waals surface area contributed by atoms with Crippen molar-refractivity contribution < 1.29 is 0 Å². The van der Waals surface area contributed by atoms with Crippen LogP contribution in [0.15, 0.2) is 30.3 Å². The second kappa shape index (κ2) is 4.71. The lowest BCUT2D eigenvalue weighted by Gasteiger charge is -2.04. The lowest BCUT2D eigenvalue weighted by atomic mass is 10.3. The number of fused-ring (bicyclic) bond motifs is 1. The van der Waals surface area contributed by atoms with Gasteiger partial charge in [0.2, 0.25) is 0 Å². The van der Waals surface area contributed by atoms with E-state index in [9.17, 15) is 0 Å². The molecule has 3 aromatic rings. The first-order chi connectivity index (χ1) is 8.70. The average molecular weight is 274 g/mol. The van der Waals surface area contributed by atoms with Crippen LogP contribution in [0.25, 0.3) is 10.2 Å². The van der Waals surface area contributed by atoms with Gasteiger partial charge in [-0.2, -0.15) is 0 Å². The van der Waals surface area contributed by atoms with E-state index >= 15 is 0 Å². The fraction of sp³-hybridized carbons (Fsp3) is 0.214. The van der Waals surface area contributed by atoms with Crippen LogP contribution in [0.3, 0.4) is 0 Å². The number of thiophene rings is 1. The van der Waals surface area contributed by atoms with Gasteiger partial charge in [0.25, 0.3) is 0 Å². The second-order valence-electron chi connectivity index (χ2n) is 4.28. The first-order valence-corrected chi connectivity index (χ1v) is 7.50. The van der Waals surface area contributed by atoms with E-state index in [0.29, 0.717) is 0 Å². The Labute approximate surface area is 114 Å². The summed E-state index contributed by atoms with van der Waals surface area (Å²) in [5.41, 5.74) is 2.26. The highest BCUT2D eigenvalue weighted by atomic mass is 32.1. The summed E-state index contributed by atoms with van der Waals surface area (Å²) in [5, 5.41) is 4.59. The van der Waals surface area contributed by atoms with Gasteiger partial charge in [-0.05, 0) is 44.2 Å². The van der Waals surface area contributed by atoms with Crippen LogP contribution in [0, 0.1) is 13.8 Å². The van der Waals surface area contributed by atoms with E-state index in [-0.39, 0.29) is 0 Å². The number of aryl methyl sites for hydroxylation is 2. The summed E-state index contributed by atoms with van der Waals surface area (Å²) in [7, 11) is 0. The van der Waals surface area contributed by atoms with E-state index in [1.54, 1.807) is 11.3 Å². The summed E-state index contributed by atoms with van der Waals surface area (Å²) in [6.45, 7) is 5.08. The molecular weight excluding hydrogens is 260 g/mol. The summed E-state index contributed by atoms with van der Waals surface area (Å²) in [5.74, 6) is 0. The van der Waals surface area contributed by atoms with Gasteiger partial charge in [-0.25, -0.2) is 4.98 Å². The van der Waals surface area contributed by atoms with Crippen LogP contribution in [0.5, 0.6) is 0 Å². The van der Waals surface area contributed by atoms with E-state index in [2.05, 4.69) is 47.6 Å². The number of rotatable bonds is 3. The van der Waals surface area contributed by atoms with Crippen molar-refractivity contribution >= 4 is 38.6 Å². The van der Waals surface area contributed by atoms with Crippen molar-refractivity contribution in [2.24, 2.45) is 0 Å². The van der Waals surface area contributed by atoms with Crippen molar-refractivity contribution in [3.8, 4) is 0 Å². The van der Waals surface area contributed by atoms with Crippen LogP contribution >= 0.6 is 22.7 Å². The van der Waals surface area contributed by atoms with Crippen LogP contribution in [-0.4, -0.2) is 4.98 Å². The molecule has 0 fully saturated rings. The predicted molar refractivity (Wildman–Crippen MR) is 80.7 cm³/mol. The third kappa shape index (κ3) is 2.40. The molecule has 0 atom stereocenters. The number of benzene rings is 1. The average Bonchev–Trinajstić information content (AvgIpc) is 2.90. The number of nitrogens with one attached hydrogen (secondary N) is 1. The molecule has 3 rings (SSSR count). The third-order valence-electron chi connectivity index (χ3n) is 2.76. The minimum atomic E-state index is 0.891. The normalized spacial score (nSPS) is 11.0. The molecule has 0 unspecified atom stereocenters. The van der Waals surface area contributed by atoms with E-state index in [4.69, 9.17) is 0 Å². The Morgan fingerprint density at radius 3 is 2.78 bits per heavy atom. The summed E-state index contributed by atoms with van der Waals surface area (Å²) in [6, 6.07) is 10.7. The molecular formula is C14H14N2S2. The van der Waals surface area contributed by atoms with E-state index in [1.165, 1.54) is 14.5 Å². The standard InChI is InChI=1S/C14H14N2S2/c1-9-3-5-12(17-9)8-15-11-4-6-13-14(7-11)18-10(2)16-13/h3-7,15H,8H2,1-2H3. The Balaban J connectivity index is 1.78. The van der Waals surface area contributed by atoms with Crippen molar-refractivity contribution in [3.05, 3.63) is 45.1 Å².